The molecular formula is C14H22Cl2N4. The summed E-state index contributed by atoms with van der Waals surface area (Å²) in [5, 5.41) is 7.55. The number of hydrogen-bond acceptors (Lipinski definition) is 4. The van der Waals surface area contributed by atoms with Gasteiger partial charge in [-0.15, -0.1) is 0 Å². The third-order valence-corrected chi connectivity index (χ3v) is 4.23. The summed E-state index contributed by atoms with van der Waals surface area (Å²) in [4.78, 5) is 6.85. The van der Waals surface area contributed by atoms with Crippen LogP contribution in [0.5, 0.6) is 0 Å². The van der Waals surface area contributed by atoms with Gasteiger partial charge in [0.25, 0.3) is 0 Å². The average Bonchev–Trinajstić information content (AvgIpc) is 3.24. The molecule has 0 aliphatic heterocycles. The minimum atomic E-state index is 0.443. The molecule has 2 N–H and O–H groups in total. The van der Waals surface area contributed by atoms with Crippen molar-refractivity contribution in [2.24, 2.45) is 0 Å². The summed E-state index contributed by atoms with van der Waals surface area (Å²) in [7, 11) is 2.17. The highest BCUT2D eigenvalue weighted by Gasteiger charge is 2.29. The molecule has 112 valence electrons. The van der Waals surface area contributed by atoms with E-state index in [2.05, 4.69) is 34.5 Å². The van der Waals surface area contributed by atoms with E-state index in [0.29, 0.717) is 27.7 Å². The summed E-state index contributed by atoms with van der Waals surface area (Å²) >= 11 is 12.3. The molecule has 2 rings (SSSR count). The lowest BCUT2D eigenvalue weighted by Crippen LogP contribution is -2.36. The number of hydrogen-bond donors (Lipinski definition) is 2. The van der Waals surface area contributed by atoms with Crippen LogP contribution >= 0.6 is 23.2 Å². The second kappa shape index (κ2) is 6.83. The number of nitrogens with zero attached hydrogens (tertiary/aromatic N) is 2. The summed E-state index contributed by atoms with van der Waals surface area (Å²) in [6.45, 7) is 5.80. The molecule has 0 spiro atoms. The quantitative estimate of drug-likeness (QED) is 0.804. The van der Waals surface area contributed by atoms with Gasteiger partial charge in [0, 0.05) is 25.2 Å². The summed E-state index contributed by atoms with van der Waals surface area (Å²) in [6.07, 6.45) is 2.62. The first-order chi connectivity index (χ1) is 9.52. The number of likely N-dealkylation sites (N-methyl/N-ethyl adjacent to an activating group) is 1. The molecular weight excluding hydrogens is 295 g/mol. The van der Waals surface area contributed by atoms with Gasteiger partial charge in [0.05, 0.1) is 10.0 Å². The Morgan fingerprint density at radius 2 is 1.90 bits per heavy atom. The van der Waals surface area contributed by atoms with Crippen molar-refractivity contribution in [1.82, 2.24) is 9.88 Å². The van der Waals surface area contributed by atoms with E-state index in [0.717, 1.165) is 19.1 Å². The van der Waals surface area contributed by atoms with E-state index < -0.39 is 0 Å². The van der Waals surface area contributed by atoms with Gasteiger partial charge >= 0.3 is 0 Å². The fourth-order valence-electron chi connectivity index (χ4n) is 2.11. The highest BCUT2D eigenvalue weighted by atomic mass is 35.5. The summed E-state index contributed by atoms with van der Waals surface area (Å²) in [6, 6.07) is 2.92. The van der Waals surface area contributed by atoms with Crippen LogP contribution in [0.15, 0.2) is 6.07 Å². The van der Waals surface area contributed by atoms with Crippen LogP contribution in [0.2, 0.25) is 10.0 Å². The Bertz CT molecular complexity index is 463. The lowest BCUT2D eigenvalue weighted by molar-refractivity contribution is 0.257. The molecule has 1 fully saturated rings. The van der Waals surface area contributed by atoms with E-state index in [1.807, 2.05) is 6.92 Å². The zero-order valence-corrected chi connectivity index (χ0v) is 13.7. The van der Waals surface area contributed by atoms with Gasteiger partial charge in [0.1, 0.15) is 11.6 Å². The Kier molecular flexibility index (Phi) is 5.35. The van der Waals surface area contributed by atoms with Crippen LogP contribution < -0.4 is 10.6 Å². The average molecular weight is 317 g/mol. The lowest BCUT2D eigenvalue weighted by Gasteiger charge is -2.25. The molecule has 1 unspecified atom stereocenters. The Labute approximate surface area is 130 Å². The third kappa shape index (κ3) is 3.90. The van der Waals surface area contributed by atoms with Gasteiger partial charge in [-0.3, -0.25) is 4.90 Å². The molecule has 4 nitrogen and oxygen atoms in total. The van der Waals surface area contributed by atoms with Crippen molar-refractivity contribution in [3.05, 3.63) is 16.1 Å². The maximum Gasteiger partial charge on any atom is 0.147 e. The molecule has 6 heteroatoms. The van der Waals surface area contributed by atoms with Crippen molar-refractivity contribution >= 4 is 34.8 Å². The summed E-state index contributed by atoms with van der Waals surface area (Å²) < 4.78 is 0. The van der Waals surface area contributed by atoms with Crippen LogP contribution in [-0.2, 0) is 0 Å². The Morgan fingerprint density at radius 1 is 1.30 bits per heavy atom. The minimum absolute atomic E-state index is 0.443. The van der Waals surface area contributed by atoms with Crippen molar-refractivity contribution < 1.29 is 0 Å². The van der Waals surface area contributed by atoms with Crippen LogP contribution in [0, 0.1) is 0 Å². The number of anilines is 2. The second-order valence-corrected chi connectivity index (χ2v) is 6.12. The Hall–Kier alpha value is -0.710. The monoisotopic (exact) mass is 316 g/mol. The molecule has 20 heavy (non-hydrogen) atoms. The Morgan fingerprint density at radius 3 is 2.45 bits per heavy atom. The van der Waals surface area contributed by atoms with E-state index in [1.165, 1.54) is 12.8 Å². The van der Waals surface area contributed by atoms with Crippen molar-refractivity contribution in [1.29, 1.82) is 0 Å². The van der Waals surface area contributed by atoms with Crippen LogP contribution in [0.3, 0.4) is 0 Å². The van der Waals surface area contributed by atoms with Crippen LogP contribution in [0.1, 0.15) is 26.7 Å². The first-order valence-corrected chi connectivity index (χ1v) is 7.84. The first-order valence-electron chi connectivity index (χ1n) is 7.08. The van der Waals surface area contributed by atoms with E-state index in [1.54, 1.807) is 6.07 Å². The van der Waals surface area contributed by atoms with Crippen molar-refractivity contribution in [2.75, 3.05) is 30.8 Å². The fraction of sp³-hybridized carbons (Fsp3) is 0.643. The van der Waals surface area contributed by atoms with Gasteiger partial charge in [-0.2, -0.15) is 0 Å². The fourth-order valence-corrected chi connectivity index (χ4v) is 2.60. The molecule has 1 saturated carbocycles. The molecule has 1 aromatic rings. The molecule has 1 atom stereocenters. The standard InChI is InChI=1S/C14H22Cl2N4/c1-4-17-13-11(15)7-12(16)14(19-13)18-8-9(2)20(3)10-5-6-10/h7,9-10H,4-6,8H2,1-3H3,(H2,17,18,19). The van der Waals surface area contributed by atoms with Gasteiger partial charge < -0.3 is 10.6 Å². The number of halogens is 2. The summed E-state index contributed by atoms with van der Waals surface area (Å²) in [5.74, 6) is 1.35. The highest BCUT2D eigenvalue weighted by Crippen LogP contribution is 2.30. The lowest BCUT2D eigenvalue weighted by atomic mass is 10.3. The second-order valence-electron chi connectivity index (χ2n) is 5.31. The summed E-state index contributed by atoms with van der Waals surface area (Å²) in [5.41, 5.74) is 0. The molecule has 1 heterocycles. The van der Waals surface area contributed by atoms with Gasteiger partial charge in [-0.05, 0) is 39.8 Å². The number of nitrogens with one attached hydrogen (secondary N) is 2. The van der Waals surface area contributed by atoms with Crippen molar-refractivity contribution in [3.8, 4) is 0 Å². The van der Waals surface area contributed by atoms with E-state index in [4.69, 9.17) is 23.2 Å². The molecule has 0 bridgehead atoms. The maximum absolute atomic E-state index is 6.19. The van der Waals surface area contributed by atoms with Gasteiger partial charge in [0.15, 0.2) is 0 Å². The Balaban J connectivity index is 1.99. The molecule has 1 aliphatic carbocycles. The molecule has 0 aromatic carbocycles. The third-order valence-electron chi connectivity index (χ3n) is 3.66. The number of pyridine rings is 1. The predicted molar refractivity (Wildman–Crippen MR) is 87.2 cm³/mol. The highest BCUT2D eigenvalue weighted by molar-refractivity contribution is 6.37. The van der Waals surface area contributed by atoms with E-state index in [9.17, 15) is 0 Å². The van der Waals surface area contributed by atoms with Gasteiger partial charge in [0.2, 0.25) is 0 Å². The minimum Gasteiger partial charge on any atom is -0.369 e. The molecule has 0 saturated heterocycles. The van der Waals surface area contributed by atoms with E-state index in [-0.39, 0.29) is 0 Å². The number of aromatic nitrogens is 1. The molecule has 0 amide bonds. The zero-order valence-electron chi connectivity index (χ0n) is 12.2. The predicted octanol–water partition coefficient (Wildman–Crippen LogP) is 3.71. The van der Waals surface area contributed by atoms with Crippen LogP contribution in [0.25, 0.3) is 0 Å². The largest absolute Gasteiger partial charge is 0.369 e. The zero-order chi connectivity index (χ0) is 14.7. The van der Waals surface area contributed by atoms with Crippen LogP contribution in [0.4, 0.5) is 11.6 Å². The molecule has 1 aliphatic rings. The smallest absolute Gasteiger partial charge is 0.147 e. The molecule has 0 radical (unpaired) electrons. The number of rotatable bonds is 7. The maximum atomic E-state index is 6.19. The first kappa shape index (κ1) is 15.7. The SMILES string of the molecule is CCNc1nc(NCC(C)N(C)C2CC2)c(Cl)cc1Cl. The van der Waals surface area contributed by atoms with Crippen LogP contribution in [-0.4, -0.2) is 42.1 Å². The van der Waals surface area contributed by atoms with Gasteiger partial charge in [-0.1, -0.05) is 23.2 Å². The topological polar surface area (TPSA) is 40.2 Å². The van der Waals surface area contributed by atoms with Crippen molar-refractivity contribution in [3.63, 3.8) is 0 Å². The van der Waals surface area contributed by atoms with E-state index >= 15 is 0 Å². The van der Waals surface area contributed by atoms with Crippen molar-refractivity contribution in [2.45, 2.75) is 38.8 Å². The molecule has 1 aromatic heterocycles. The normalized spacial score (nSPS) is 16.3. The van der Waals surface area contributed by atoms with Gasteiger partial charge in [-0.25, -0.2) is 4.98 Å².